The molecule has 2 atom stereocenters. The summed E-state index contributed by atoms with van der Waals surface area (Å²) < 4.78 is 11.0. The molecule has 1 aromatic rings. The molecule has 1 aromatic heterocycles. The number of morpholine rings is 1. The van der Waals surface area contributed by atoms with E-state index in [0.29, 0.717) is 6.54 Å². The Morgan fingerprint density at radius 2 is 1.88 bits per heavy atom. The molecule has 3 aliphatic rings. The van der Waals surface area contributed by atoms with Gasteiger partial charge in [-0.15, -0.1) is 0 Å². The van der Waals surface area contributed by atoms with E-state index in [0.717, 1.165) is 64.7 Å². The summed E-state index contributed by atoms with van der Waals surface area (Å²) in [5.41, 5.74) is 0. The molecule has 0 spiro atoms. The number of carbonyl (C=O) groups excluding carboxylic acids is 1. The van der Waals surface area contributed by atoms with Crippen molar-refractivity contribution in [2.24, 2.45) is 0 Å². The number of fused-ring (bicyclic) bond motifs is 1. The highest BCUT2D eigenvalue weighted by Gasteiger charge is 2.47. The third-order valence-corrected chi connectivity index (χ3v) is 5.16. The predicted molar refractivity (Wildman–Crippen MR) is 89.9 cm³/mol. The molecular formula is C17H25N5O3. The number of ether oxygens (including phenoxy) is 2. The summed E-state index contributed by atoms with van der Waals surface area (Å²) in [7, 11) is 0. The van der Waals surface area contributed by atoms with E-state index in [1.807, 2.05) is 11.0 Å². The maximum Gasteiger partial charge on any atom is 0.410 e. The SMILES string of the molecule is O=C1O[C@@H]2CN(Cc3ncccn3)C[C@@H]2N1CCCN1CCOCC1. The van der Waals surface area contributed by atoms with Gasteiger partial charge in [-0.3, -0.25) is 9.80 Å². The van der Waals surface area contributed by atoms with Crippen molar-refractivity contribution in [1.29, 1.82) is 0 Å². The third kappa shape index (κ3) is 3.91. The minimum atomic E-state index is -0.160. The van der Waals surface area contributed by atoms with E-state index in [1.165, 1.54) is 0 Å². The van der Waals surface area contributed by atoms with Crippen LogP contribution in [0.25, 0.3) is 0 Å². The van der Waals surface area contributed by atoms with Gasteiger partial charge >= 0.3 is 6.09 Å². The number of hydrogen-bond acceptors (Lipinski definition) is 7. The van der Waals surface area contributed by atoms with Crippen molar-refractivity contribution in [2.75, 3.05) is 52.5 Å². The van der Waals surface area contributed by atoms with Crippen LogP contribution in [-0.4, -0.2) is 95.4 Å². The monoisotopic (exact) mass is 347 g/mol. The molecule has 8 nitrogen and oxygen atoms in total. The first-order valence-corrected chi connectivity index (χ1v) is 9.05. The summed E-state index contributed by atoms with van der Waals surface area (Å²) in [6, 6.07) is 1.97. The van der Waals surface area contributed by atoms with Gasteiger partial charge in [0.25, 0.3) is 0 Å². The number of hydrogen-bond donors (Lipinski definition) is 0. The number of amides is 1. The second-order valence-corrected chi connectivity index (χ2v) is 6.85. The molecule has 0 aliphatic carbocycles. The molecule has 3 aliphatic heterocycles. The Bertz CT molecular complexity index is 581. The lowest BCUT2D eigenvalue weighted by atomic mass is 10.2. The van der Waals surface area contributed by atoms with Gasteiger partial charge in [0.1, 0.15) is 11.9 Å². The van der Waals surface area contributed by atoms with E-state index in [9.17, 15) is 4.79 Å². The van der Waals surface area contributed by atoms with Crippen LogP contribution in [0.4, 0.5) is 4.79 Å². The topological polar surface area (TPSA) is 71.0 Å². The van der Waals surface area contributed by atoms with Crippen molar-refractivity contribution in [2.45, 2.75) is 25.1 Å². The van der Waals surface area contributed by atoms with Gasteiger partial charge in [0.05, 0.1) is 25.8 Å². The zero-order valence-electron chi connectivity index (χ0n) is 14.4. The van der Waals surface area contributed by atoms with Gasteiger partial charge in [-0.05, 0) is 12.5 Å². The van der Waals surface area contributed by atoms with Gasteiger partial charge < -0.3 is 14.4 Å². The van der Waals surface area contributed by atoms with Crippen molar-refractivity contribution in [3.05, 3.63) is 24.3 Å². The molecule has 4 heterocycles. The molecule has 136 valence electrons. The highest BCUT2D eigenvalue weighted by Crippen LogP contribution is 2.27. The summed E-state index contributed by atoms with van der Waals surface area (Å²) in [4.78, 5) is 27.3. The summed E-state index contributed by atoms with van der Waals surface area (Å²) in [6.45, 7) is 7.65. The molecule has 1 amide bonds. The molecule has 0 saturated carbocycles. The predicted octanol–water partition coefficient (Wildman–Crippen LogP) is 0.204. The molecule has 3 saturated heterocycles. The van der Waals surface area contributed by atoms with Crippen LogP contribution in [0.15, 0.2) is 18.5 Å². The second-order valence-electron chi connectivity index (χ2n) is 6.85. The van der Waals surface area contributed by atoms with Crippen LogP contribution < -0.4 is 0 Å². The van der Waals surface area contributed by atoms with Gasteiger partial charge in [-0.2, -0.15) is 0 Å². The van der Waals surface area contributed by atoms with Crippen LogP contribution in [-0.2, 0) is 16.0 Å². The molecule has 0 N–H and O–H groups in total. The molecule has 0 radical (unpaired) electrons. The highest BCUT2D eigenvalue weighted by atomic mass is 16.6. The van der Waals surface area contributed by atoms with Crippen molar-refractivity contribution < 1.29 is 14.3 Å². The van der Waals surface area contributed by atoms with Crippen molar-refractivity contribution >= 4 is 6.09 Å². The van der Waals surface area contributed by atoms with Gasteiger partial charge in [0, 0.05) is 51.7 Å². The lowest BCUT2D eigenvalue weighted by molar-refractivity contribution is 0.0362. The number of rotatable bonds is 6. The Hall–Kier alpha value is -1.77. The summed E-state index contributed by atoms with van der Waals surface area (Å²) in [5, 5.41) is 0. The molecule has 0 aromatic carbocycles. The van der Waals surface area contributed by atoms with Crippen LogP contribution in [0.3, 0.4) is 0 Å². The van der Waals surface area contributed by atoms with Gasteiger partial charge in [0.15, 0.2) is 0 Å². The molecule has 4 rings (SSSR count). The van der Waals surface area contributed by atoms with Crippen LogP contribution in [0, 0.1) is 0 Å². The van der Waals surface area contributed by atoms with E-state index in [-0.39, 0.29) is 18.2 Å². The fourth-order valence-corrected chi connectivity index (χ4v) is 3.87. The Kier molecular flexibility index (Phi) is 5.09. The lowest BCUT2D eigenvalue weighted by Crippen LogP contribution is -2.41. The van der Waals surface area contributed by atoms with Crippen LogP contribution in [0.2, 0.25) is 0 Å². The van der Waals surface area contributed by atoms with Gasteiger partial charge in [-0.1, -0.05) is 0 Å². The minimum absolute atomic E-state index is 0.0281. The largest absolute Gasteiger partial charge is 0.442 e. The first-order valence-electron chi connectivity index (χ1n) is 9.05. The number of nitrogens with zero attached hydrogens (tertiary/aromatic N) is 5. The number of likely N-dealkylation sites (tertiary alicyclic amines) is 1. The Balaban J connectivity index is 1.27. The van der Waals surface area contributed by atoms with Crippen LogP contribution >= 0.6 is 0 Å². The molecule has 3 fully saturated rings. The van der Waals surface area contributed by atoms with Crippen molar-refractivity contribution in [3.8, 4) is 0 Å². The highest BCUT2D eigenvalue weighted by molar-refractivity contribution is 5.71. The Morgan fingerprint density at radius 1 is 1.08 bits per heavy atom. The zero-order chi connectivity index (χ0) is 17.1. The van der Waals surface area contributed by atoms with Crippen molar-refractivity contribution in [3.63, 3.8) is 0 Å². The van der Waals surface area contributed by atoms with E-state index in [2.05, 4.69) is 19.8 Å². The third-order valence-electron chi connectivity index (χ3n) is 5.16. The average Bonchev–Trinajstić information content (AvgIpc) is 3.14. The molecule has 0 bridgehead atoms. The quantitative estimate of drug-likeness (QED) is 0.728. The van der Waals surface area contributed by atoms with Gasteiger partial charge in [0.2, 0.25) is 0 Å². The fraction of sp³-hybridized carbons (Fsp3) is 0.706. The molecule has 25 heavy (non-hydrogen) atoms. The standard InChI is InChI=1S/C17H25N5O3/c23-17-22(6-2-5-20-7-9-24-10-8-20)14-11-21(12-15(14)25-17)13-16-18-3-1-4-19-16/h1,3-4,14-15H,2,5-13H2/t14-,15+/m0/s1. The average molecular weight is 347 g/mol. The van der Waals surface area contributed by atoms with E-state index < -0.39 is 0 Å². The van der Waals surface area contributed by atoms with Crippen molar-refractivity contribution in [1.82, 2.24) is 24.7 Å². The van der Waals surface area contributed by atoms with E-state index in [1.54, 1.807) is 12.4 Å². The maximum absolute atomic E-state index is 12.2. The normalized spacial score (nSPS) is 27.5. The smallest absolute Gasteiger partial charge is 0.410 e. The van der Waals surface area contributed by atoms with Crippen LogP contribution in [0.1, 0.15) is 12.2 Å². The molecule has 8 heteroatoms. The Morgan fingerprint density at radius 3 is 2.68 bits per heavy atom. The number of carbonyl (C=O) groups is 1. The van der Waals surface area contributed by atoms with Crippen LogP contribution in [0.5, 0.6) is 0 Å². The lowest BCUT2D eigenvalue weighted by Gasteiger charge is -2.28. The van der Waals surface area contributed by atoms with E-state index in [4.69, 9.17) is 9.47 Å². The molecule has 0 unspecified atom stereocenters. The number of aromatic nitrogens is 2. The van der Waals surface area contributed by atoms with Gasteiger partial charge in [-0.25, -0.2) is 14.8 Å². The first-order chi connectivity index (χ1) is 12.3. The molecular weight excluding hydrogens is 322 g/mol. The second kappa shape index (κ2) is 7.63. The maximum atomic E-state index is 12.2. The fourth-order valence-electron chi connectivity index (χ4n) is 3.87. The summed E-state index contributed by atoms with van der Waals surface area (Å²) >= 11 is 0. The zero-order valence-corrected chi connectivity index (χ0v) is 14.4. The minimum Gasteiger partial charge on any atom is -0.442 e. The summed E-state index contributed by atoms with van der Waals surface area (Å²) in [5.74, 6) is 0.813. The first kappa shape index (κ1) is 16.7. The van der Waals surface area contributed by atoms with E-state index >= 15 is 0 Å². The Labute approximate surface area is 147 Å². The summed E-state index contributed by atoms with van der Waals surface area (Å²) in [6.07, 6.45) is 4.31.